The first-order chi connectivity index (χ1) is 11.0. The molecule has 0 aromatic heterocycles. The number of benzene rings is 1. The van der Waals surface area contributed by atoms with E-state index >= 15 is 0 Å². The Morgan fingerprint density at radius 1 is 1.22 bits per heavy atom. The van der Waals surface area contributed by atoms with Crippen molar-refractivity contribution in [2.45, 2.75) is 32.2 Å². The van der Waals surface area contributed by atoms with Gasteiger partial charge in [-0.3, -0.25) is 0 Å². The van der Waals surface area contributed by atoms with Gasteiger partial charge in [-0.2, -0.15) is 0 Å². The molecule has 0 unspecified atom stereocenters. The maximum absolute atomic E-state index is 10.1. The summed E-state index contributed by atoms with van der Waals surface area (Å²) in [6.45, 7) is 8.03. The standard InChI is InChI=1S/C17H26BrNO4/c1-13-9-19(10-14(2)23-13)11-16(20)12-21-7-8-22-17-5-3-15(18)4-6-17/h3-6,13-14,16,20H,7-12H2,1-2H3/p+1/t13-,14-,16+/m1/s1. The lowest BCUT2D eigenvalue weighted by atomic mass is 10.2. The number of aliphatic hydroxyl groups is 1. The van der Waals surface area contributed by atoms with Crippen molar-refractivity contribution in [1.82, 2.24) is 0 Å². The fourth-order valence-electron chi connectivity index (χ4n) is 2.92. The van der Waals surface area contributed by atoms with Crippen LogP contribution in [0.2, 0.25) is 0 Å². The minimum absolute atomic E-state index is 0.251. The molecule has 1 aliphatic rings. The molecule has 1 aromatic rings. The molecule has 1 aliphatic heterocycles. The Kier molecular flexibility index (Phi) is 7.79. The SMILES string of the molecule is C[C@@H]1C[NH+](C[C@H](O)COCCOc2ccc(Br)cc2)C[C@@H](C)O1. The molecule has 23 heavy (non-hydrogen) atoms. The van der Waals surface area contributed by atoms with Gasteiger partial charge in [0.2, 0.25) is 0 Å². The third-order valence-corrected chi connectivity index (χ3v) is 4.29. The highest BCUT2D eigenvalue weighted by Crippen LogP contribution is 2.15. The van der Waals surface area contributed by atoms with Gasteiger partial charge < -0.3 is 24.2 Å². The lowest BCUT2D eigenvalue weighted by molar-refractivity contribution is -0.918. The zero-order valence-electron chi connectivity index (χ0n) is 13.8. The predicted octanol–water partition coefficient (Wildman–Crippen LogP) is 0.898. The van der Waals surface area contributed by atoms with Gasteiger partial charge in [-0.05, 0) is 38.1 Å². The molecule has 130 valence electrons. The molecule has 0 spiro atoms. The molecule has 1 aromatic carbocycles. The Morgan fingerprint density at radius 3 is 2.52 bits per heavy atom. The second kappa shape index (κ2) is 9.59. The van der Waals surface area contributed by atoms with Gasteiger partial charge in [0, 0.05) is 4.47 Å². The van der Waals surface area contributed by atoms with Gasteiger partial charge in [-0.1, -0.05) is 15.9 Å². The molecular formula is C17H27BrNO4+. The van der Waals surface area contributed by atoms with Gasteiger partial charge in [-0.25, -0.2) is 0 Å². The van der Waals surface area contributed by atoms with Crippen LogP contribution in [0.5, 0.6) is 5.75 Å². The van der Waals surface area contributed by atoms with Crippen LogP contribution in [-0.2, 0) is 9.47 Å². The zero-order valence-corrected chi connectivity index (χ0v) is 15.4. The Morgan fingerprint density at radius 2 is 1.87 bits per heavy atom. The van der Waals surface area contributed by atoms with Crippen LogP contribution in [0.3, 0.4) is 0 Å². The molecule has 2 N–H and O–H groups in total. The summed E-state index contributed by atoms with van der Waals surface area (Å²) in [6.07, 6.45) is 0.0533. The van der Waals surface area contributed by atoms with Crippen LogP contribution >= 0.6 is 15.9 Å². The predicted molar refractivity (Wildman–Crippen MR) is 92.0 cm³/mol. The van der Waals surface area contributed by atoms with E-state index < -0.39 is 6.10 Å². The summed E-state index contributed by atoms with van der Waals surface area (Å²) >= 11 is 3.38. The molecule has 0 amide bonds. The topological polar surface area (TPSA) is 52.4 Å². The molecule has 1 heterocycles. The number of rotatable bonds is 8. The van der Waals surface area contributed by atoms with Crippen molar-refractivity contribution in [2.75, 3.05) is 39.5 Å². The van der Waals surface area contributed by atoms with E-state index in [0.29, 0.717) is 26.4 Å². The molecular weight excluding hydrogens is 362 g/mol. The first-order valence-corrected chi connectivity index (χ1v) is 8.95. The number of hydrogen-bond donors (Lipinski definition) is 2. The number of nitrogens with one attached hydrogen (secondary N) is 1. The van der Waals surface area contributed by atoms with Gasteiger partial charge in [0.05, 0.1) is 13.2 Å². The second-order valence-electron chi connectivity index (χ2n) is 6.15. The van der Waals surface area contributed by atoms with E-state index in [1.54, 1.807) is 0 Å². The molecule has 2 rings (SSSR count). The largest absolute Gasteiger partial charge is 0.491 e. The van der Waals surface area contributed by atoms with Crippen molar-refractivity contribution in [2.24, 2.45) is 0 Å². The summed E-state index contributed by atoms with van der Waals surface area (Å²) in [7, 11) is 0. The lowest BCUT2D eigenvalue weighted by Gasteiger charge is -2.33. The van der Waals surface area contributed by atoms with Crippen LogP contribution in [0.25, 0.3) is 0 Å². The first kappa shape index (κ1) is 18.7. The highest BCUT2D eigenvalue weighted by molar-refractivity contribution is 9.10. The van der Waals surface area contributed by atoms with Crippen LogP contribution in [0.15, 0.2) is 28.7 Å². The van der Waals surface area contributed by atoms with E-state index in [-0.39, 0.29) is 12.2 Å². The molecule has 1 fully saturated rings. The number of morpholine rings is 1. The van der Waals surface area contributed by atoms with Crippen LogP contribution in [0.1, 0.15) is 13.8 Å². The first-order valence-electron chi connectivity index (χ1n) is 8.16. The second-order valence-corrected chi connectivity index (χ2v) is 7.07. The molecule has 0 bridgehead atoms. The van der Waals surface area contributed by atoms with Crippen LogP contribution < -0.4 is 9.64 Å². The Labute approximate surface area is 146 Å². The Hall–Kier alpha value is -0.660. The Bertz CT molecular complexity index is 446. The number of ether oxygens (including phenoxy) is 3. The molecule has 0 aliphatic carbocycles. The van der Waals surface area contributed by atoms with Gasteiger partial charge in [0.1, 0.15) is 50.3 Å². The lowest BCUT2D eigenvalue weighted by Crippen LogP contribution is -3.16. The molecule has 3 atom stereocenters. The summed E-state index contributed by atoms with van der Waals surface area (Å²) in [5, 5.41) is 10.1. The highest BCUT2D eigenvalue weighted by atomic mass is 79.9. The summed E-state index contributed by atoms with van der Waals surface area (Å²) in [5.74, 6) is 0.818. The monoisotopic (exact) mass is 388 g/mol. The van der Waals surface area contributed by atoms with Crippen molar-refractivity contribution in [1.29, 1.82) is 0 Å². The van der Waals surface area contributed by atoms with E-state index in [9.17, 15) is 5.11 Å². The van der Waals surface area contributed by atoms with Crippen molar-refractivity contribution in [3.05, 3.63) is 28.7 Å². The van der Waals surface area contributed by atoms with Crippen molar-refractivity contribution >= 4 is 15.9 Å². The Balaban J connectivity index is 1.56. The molecule has 1 saturated heterocycles. The van der Waals surface area contributed by atoms with Gasteiger partial charge in [0.25, 0.3) is 0 Å². The maximum Gasteiger partial charge on any atom is 0.126 e. The average molecular weight is 389 g/mol. The fraction of sp³-hybridized carbons (Fsp3) is 0.647. The van der Waals surface area contributed by atoms with E-state index in [0.717, 1.165) is 23.3 Å². The molecule has 0 saturated carbocycles. The van der Waals surface area contributed by atoms with E-state index in [1.165, 1.54) is 4.90 Å². The fourth-order valence-corrected chi connectivity index (χ4v) is 3.18. The summed E-state index contributed by atoms with van der Waals surface area (Å²) < 4.78 is 17.8. The molecule has 6 heteroatoms. The number of quaternary nitrogens is 1. The summed E-state index contributed by atoms with van der Waals surface area (Å²) in [5.41, 5.74) is 0. The minimum Gasteiger partial charge on any atom is -0.491 e. The van der Waals surface area contributed by atoms with E-state index in [4.69, 9.17) is 14.2 Å². The number of aliphatic hydroxyl groups excluding tert-OH is 1. The maximum atomic E-state index is 10.1. The summed E-state index contributed by atoms with van der Waals surface area (Å²) in [4.78, 5) is 1.37. The number of hydrogen-bond acceptors (Lipinski definition) is 4. The van der Waals surface area contributed by atoms with Gasteiger partial charge >= 0.3 is 0 Å². The van der Waals surface area contributed by atoms with Crippen LogP contribution in [0, 0.1) is 0 Å². The van der Waals surface area contributed by atoms with Crippen LogP contribution in [-0.4, -0.2) is 62.9 Å². The quantitative estimate of drug-likeness (QED) is 0.649. The summed E-state index contributed by atoms with van der Waals surface area (Å²) in [6, 6.07) is 7.69. The van der Waals surface area contributed by atoms with E-state index in [1.807, 2.05) is 24.3 Å². The van der Waals surface area contributed by atoms with Crippen molar-refractivity contribution in [3.63, 3.8) is 0 Å². The third-order valence-electron chi connectivity index (χ3n) is 3.76. The molecule has 5 nitrogen and oxygen atoms in total. The highest BCUT2D eigenvalue weighted by Gasteiger charge is 2.27. The van der Waals surface area contributed by atoms with Crippen molar-refractivity contribution < 1.29 is 24.2 Å². The number of halogens is 1. The van der Waals surface area contributed by atoms with Gasteiger partial charge in [-0.15, -0.1) is 0 Å². The van der Waals surface area contributed by atoms with Crippen LogP contribution in [0.4, 0.5) is 0 Å². The smallest absolute Gasteiger partial charge is 0.126 e. The average Bonchev–Trinajstić information content (AvgIpc) is 2.47. The third kappa shape index (κ3) is 7.18. The van der Waals surface area contributed by atoms with E-state index in [2.05, 4.69) is 29.8 Å². The zero-order chi connectivity index (χ0) is 16.7. The van der Waals surface area contributed by atoms with Crippen molar-refractivity contribution in [3.8, 4) is 5.75 Å². The van der Waals surface area contributed by atoms with Gasteiger partial charge in [0.15, 0.2) is 0 Å². The minimum atomic E-state index is -0.449. The molecule has 0 radical (unpaired) electrons. The normalized spacial score (nSPS) is 26.0.